The van der Waals surface area contributed by atoms with Crippen molar-refractivity contribution < 1.29 is 39.4 Å². The first kappa shape index (κ1) is 14.4. The highest BCUT2D eigenvalue weighted by molar-refractivity contribution is 5.82. The number of hydrogen-bond acceptors (Lipinski definition) is 8. The zero-order valence-corrected chi connectivity index (χ0v) is 9.95. The molecular formula is C11H16O8. The van der Waals surface area contributed by atoms with Gasteiger partial charge in [0.15, 0.2) is 6.29 Å². The van der Waals surface area contributed by atoms with E-state index < -0.39 is 49.4 Å². The van der Waals surface area contributed by atoms with E-state index in [2.05, 4.69) is 0 Å². The highest BCUT2D eigenvalue weighted by Gasteiger charge is 2.44. The molecule has 108 valence electrons. The number of rotatable bonds is 3. The topological polar surface area (TPSA) is 126 Å². The van der Waals surface area contributed by atoms with Crippen LogP contribution in [-0.2, 0) is 19.0 Å². The molecule has 0 bridgehead atoms. The smallest absolute Gasteiger partial charge is 0.330 e. The molecule has 1 fully saturated rings. The number of esters is 1. The van der Waals surface area contributed by atoms with Crippen LogP contribution in [0.5, 0.6) is 0 Å². The SMILES string of the molecule is O=C1C=CC(OC2OC(CO)C(O)C(O)C2O)CO1. The van der Waals surface area contributed by atoms with Gasteiger partial charge in [0, 0.05) is 6.08 Å². The van der Waals surface area contributed by atoms with Crippen LogP contribution in [0, 0.1) is 0 Å². The van der Waals surface area contributed by atoms with E-state index in [1.807, 2.05) is 0 Å². The summed E-state index contributed by atoms with van der Waals surface area (Å²) in [4.78, 5) is 10.8. The van der Waals surface area contributed by atoms with Gasteiger partial charge in [-0.2, -0.15) is 0 Å². The minimum Gasteiger partial charge on any atom is -0.459 e. The molecule has 6 atom stereocenters. The van der Waals surface area contributed by atoms with Gasteiger partial charge in [-0.3, -0.25) is 0 Å². The Kier molecular flexibility index (Phi) is 4.50. The third kappa shape index (κ3) is 3.11. The number of hydrogen-bond donors (Lipinski definition) is 4. The second-order valence-electron chi connectivity index (χ2n) is 4.36. The predicted octanol–water partition coefficient (Wildman–Crippen LogP) is -2.72. The molecule has 0 aromatic heterocycles. The third-order valence-corrected chi connectivity index (χ3v) is 2.99. The number of cyclic esters (lactones) is 1. The van der Waals surface area contributed by atoms with Crippen LogP contribution in [0.2, 0.25) is 0 Å². The van der Waals surface area contributed by atoms with E-state index in [0.29, 0.717) is 0 Å². The fourth-order valence-corrected chi connectivity index (χ4v) is 1.89. The Morgan fingerprint density at radius 2 is 2.00 bits per heavy atom. The Labute approximate surface area is 108 Å². The van der Waals surface area contributed by atoms with Gasteiger partial charge in [-0.1, -0.05) is 0 Å². The maximum atomic E-state index is 10.8. The summed E-state index contributed by atoms with van der Waals surface area (Å²) in [6.45, 7) is -0.565. The summed E-state index contributed by atoms with van der Waals surface area (Å²) < 4.78 is 15.2. The second-order valence-corrected chi connectivity index (χ2v) is 4.36. The van der Waals surface area contributed by atoms with Crippen LogP contribution in [0.1, 0.15) is 0 Å². The summed E-state index contributed by atoms with van der Waals surface area (Å²) in [6, 6.07) is 0. The molecule has 0 aliphatic carbocycles. The molecule has 2 rings (SSSR count). The minimum absolute atomic E-state index is 0.0373. The monoisotopic (exact) mass is 276 g/mol. The summed E-state index contributed by atoms with van der Waals surface area (Å²) in [5.74, 6) is -0.492. The van der Waals surface area contributed by atoms with Gasteiger partial charge in [0.05, 0.1) is 6.61 Å². The van der Waals surface area contributed by atoms with Crippen molar-refractivity contribution in [1.29, 1.82) is 0 Å². The lowest BCUT2D eigenvalue weighted by Gasteiger charge is -2.40. The third-order valence-electron chi connectivity index (χ3n) is 2.99. The average Bonchev–Trinajstić information content (AvgIpc) is 2.42. The van der Waals surface area contributed by atoms with Crippen molar-refractivity contribution in [3.05, 3.63) is 12.2 Å². The van der Waals surface area contributed by atoms with Crippen LogP contribution < -0.4 is 0 Å². The highest BCUT2D eigenvalue weighted by atomic mass is 16.7. The molecule has 0 spiro atoms. The molecule has 8 nitrogen and oxygen atoms in total. The number of carbonyl (C=O) groups is 1. The van der Waals surface area contributed by atoms with Crippen LogP contribution in [0.4, 0.5) is 0 Å². The maximum Gasteiger partial charge on any atom is 0.330 e. The van der Waals surface area contributed by atoms with Gasteiger partial charge in [-0.05, 0) is 6.08 Å². The fourth-order valence-electron chi connectivity index (χ4n) is 1.89. The van der Waals surface area contributed by atoms with E-state index in [9.17, 15) is 20.1 Å². The zero-order valence-electron chi connectivity index (χ0n) is 9.95. The van der Waals surface area contributed by atoms with Crippen molar-refractivity contribution in [2.45, 2.75) is 36.8 Å². The van der Waals surface area contributed by atoms with Crippen molar-refractivity contribution in [2.75, 3.05) is 13.2 Å². The summed E-state index contributed by atoms with van der Waals surface area (Å²) in [5, 5.41) is 37.9. The van der Waals surface area contributed by atoms with Gasteiger partial charge < -0.3 is 34.6 Å². The molecule has 1 saturated heterocycles. The molecule has 2 aliphatic heterocycles. The molecule has 0 aromatic carbocycles. The quantitative estimate of drug-likeness (QED) is 0.410. The molecule has 0 saturated carbocycles. The van der Waals surface area contributed by atoms with Crippen molar-refractivity contribution >= 4 is 5.97 Å². The van der Waals surface area contributed by atoms with Crippen LogP contribution in [0.3, 0.4) is 0 Å². The van der Waals surface area contributed by atoms with Gasteiger partial charge >= 0.3 is 5.97 Å². The molecule has 0 radical (unpaired) electrons. The molecular weight excluding hydrogens is 260 g/mol. The molecule has 2 aliphatic rings. The highest BCUT2D eigenvalue weighted by Crippen LogP contribution is 2.23. The first-order valence-electron chi connectivity index (χ1n) is 5.84. The van der Waals surface area contributed by atoms with Gasteiger partial charge in [0.2, 0.25) is 0 Å². The average molecular weight is 276 g/mol. The molecule has 19 heavy (non-hydrogen) atoms. The van der Waals surface area contributed by atoms with Gasteiger partial charge in [-0.25, -0.2) is 4.79 Å². The number of carbonyl (C=O) groups excluding carboxylic acids is 1. The minimum atomic E-state index is -1.49. The Morgan fingerprint density at radius 1 is 1.26 bits per heavy atom. The van der Waals surface area contributed by atoms with Gasteiger partial charge in [0.25, 0.3) is 0 Å². The first-order chi connectivity index (χ1) is 9.02. The van der Waals surface area contributed by atoms with E-state index in [-0.39, 0.29) is 6.61 Å². The van der Waals surface area contributed by atoms with E-state index in [4.69, 9.17) is 19.3 Å². The molecule has 4 N–H and O–H groups in total. The standard InChI is InChI=1S/C11H16O8/c12-3-6-8(14)9(15)10(16)11(19-6)18-5-1-2-7(13)17-4-5/h1-2,5-6,8-12,14-16H,3-4H2. The summed E-state index contributed by atoms with van der Waals surface area (Å²) in [7, 11) is 0. The molecule has 6 unspecified atom stereocenters. The van der Waals surface area contributed by atoms with Crippen LogP contribution in [-0.4, -0.2) is 76.4 Å². The second kappa shape index (κ2) is 5.95. The van der Waals surface area contributed by atoms with Crippen molar-refractivity contribution in [3.63, 3.8) is 0 Å². The van der Waals surface area contributed by atoms with E-state index >= 15 is 0 Å². The van der Waals surface area contributed by atoms with Gasteiger partial charge in [-0.15, -0.1) is 0 Å². The lowest BCUT2D eigenvalue weighted by atomic mass is 9.99. The number of ether oxygens (including phenoxy) is 3. The Morgan fingerprint density at radius 3 is 2.58 bits per heavy atom. The van der Waals surface area contributed by atoms with Crippen molar-refractivity contribution in [1.82, 2.24) is 0 Å². The number of aliphatic hydroxyl groups excluding tert-OH is 4. The van der Waals surface area contributed by atoms with E-state index in [1.54, 1.807) is 0 Å². The summed E-state index contributed by atoms with van der Waals surface area (Å²) in [6.07, 6.45) is -4.67. The predicted molar refractivity (Wildman–Crippen MR) is 58.7 cm³/mol. The van der Waals surface area contributed by atoms with Gasteiger partial charge in [0.1, 0.15) is 37.1 Å². The summed E-state index contributed by atoms with van der Waals surface area (Å²) >= 11 is 0. The van der Waals surface area contributed by atoms with E-state index in [0.717, 1.165) is 0 Å². The van der Waals surface area contributed by atoms with Crippen LogP contribution in [0.15, 0.2) is 12.2 Å². The fraction of sp³-hybridized carbons (Fsp3) is 0.727. The zero-order chi connectivity index (χ0) is 14.0. The lowest BCUT2D eigenvalue weighted by molar-refractivity contribution is -0.309. The maximum absolute atomic E-state index is 10.8. The normalized spacial score (nSPS) is 43.1. The first-order valence-corrected chi connectivity index (χ1v) is 5.84. The van der Waals surface area contributed by atoms with Crippen molar-refractivity contribution in [3.8, 4) is 0 Å². The van der Waals surface area contributed by atoms with E-state index in [1.165, 1.54) is 12.2 Å². The number of aliphatic hydroxyl groups is 4. The Balaban J connectivity index is 1.99. The lowest BCUT2D eigenvalue weighted by Crippen LogP contribution is -2.59. The molecule has 0 aromatic rings. The Bertz CT molecular complexity index is 355. The molecule has 8 heteroatoms. The molecule has 0 amide bonds. The largest absolute Gasteiger partial charge is 0.459 e. The van der Waals surface area contributed by atoms with Crippen molar-refractivity contribution in [2.24, 2.45) is 0 Å². The van der Waals surface area contributed by atoms with Crippen LogP contribution >= 0.6 is 0 Å². The summed E-state index contributed by atoms with van der Waals surface area (Å²) in [5.41, 5.74) is 0. The van der Waals surface area contributed by atoms with Crippen LogP contribution in [0.25, 0.3) is 0 Å². The Hall–Kier alpha value is -1.03. The molecule has 2 heterocycles.